The molecule has 0 heterocycles. The van der Waals surface area contributed by atoms with Crippen molar-refractivity contribution in [2.24, 2.45) is 5.10 Å². The fourth-order valence-electron chi connectivity index (χ4n) is 2.08. The molecule has 5 nitrogen and oxygen atoms in total. The van der Waals surface area contributed by atoms with Crippen LogP contribution in [0.5, 0.6) is 5.75 Å². The highest BCUT2D eigenvalue weighted by molar-refractivity contribution is 7.80. The number of anilines is 1. The summed E-state index contributed by atoms with van der Waals surface area (Å²) in [5.41, 5.74) is 4.51. The molecule has 1 aromatic rings. The third-order valence-corrected chi connectivity index (χ3v) is 3.25. The number of hydrogen-bond acceptors (Lipinski definition) is 4. The predicted molar refractivity (Wildman–Crippen MR) is 87.9 cm³/mol. The van der Waals surface area contributed by atoms with Crippen LogP contribution in [0.15, 0.2) is 29.4 Å². The molecule has 1 aliphatic carbocycles. The second-order valence-electron chi connectivity index (χ2n) is 4.77. The van der Waals surface area contributed by atoms with Gasteiger partial charge in [0.2, 0.25) is 0 Å². The van der Waals surface area contributed by atoms with Gasteiger partial charge in [-0.05, 0) is 56.2 Å². The number of benzene rings is 1. The minimum Gasteiger partial charge on any atom is -0.494 e. The predicted octanol–water partition coefficient (Wildman–Crippen LogP) is 2.87. The Morgan fingerprint density at radius 1 is 1.33 bits per heavy atom. The van der Waals surface area contributed by atoms with Gasteiger partial charge in [-0.2, -0.15) is 5.10 Å². The topological polar surface area (TPSA) is 62.7 Å². The van der Waals surface area contributed by atoms with Crippen molar-refractivity contribution in [1.29, 1.82) is 0 Å². The van der Waals surface area contributed by atoms with E-state index in [0.717, 1.165) is 30.0 Å². The number of ketones is 1. The lowest BCUT2D eigenvalue weighted by Crippen LogP contribution is -2.26. The number of nitrogens with zero attached hydrogens (tertiary/aromatic N) is 1. The quantitative estimate of drug-likeness (QED) is 0.661. The van der Waals surface area contributed by atoms with Crippen LogP contribution in [-0.4, -0.2) is 23.2 Å². The molecule has 112 valence electrons. The molecule has 1 saturated carbocycles. The Hall–Kier alpha value is -1.95. The number of carbonyl (C=O) groups excluding carboxylic acids is 1. The summed E-state index contributed by atoms with van der Waals surface area (Å²) in [6.45, 7) is 2.59. The molecule has 1 fully saturated rings. The van der Waals surface area contributed by atoms with Crippen molar-refractivity contribution in [2.45, 2.75) is 32.6 Å². The first-order chi connectivity index (χ1) is 10.2. The molecule has 0 bridgehead atoms. The molecule has 6 heteroatoms. The Kier molecular flexibility index (Phi) is 5.68. The second kappa shape index (κ2) is 7.73. The van der Waals surface area contributed by atoms with Crippen LogP contribution >= 0.6 is 12.2 Å². The molecule has 1 aliphatic rings. The van der Waals surface area contributed by atoms with E-state index < -0.39 is 0 Å². The number of thiocarbonyl (C=S) groups is 1. The van der Waals surface area contributed by atoms with Crippen molar-refractivity contribution in [3.63, 3.8) is 0 Å². The van der Waals surface area contributed by atoms with Gasteiger partial charge >= 0.3 is 0 Å². The molecular weight excluding hydrogens is 286 g/mol. The maximum atomic E-state index is 11.3. The van der Waals surface area contributed by atoms with Gasteiger partial charge in [0.25, 0.3) is 0 Å². The van der Waals surface area contributed by atoms with Gasteiger partial charge in [0, 0.05) is 24.2 Å². The van der Waals surface area contributed by atoms with E-state index in [9.17, 15) is 4.79 Å². The van der Waals surface area contributed by atoms with E-state index in [1.165, 1.54) is 0 Å². The maximum Gasteiger partial charge on any atom is 0.191 e. The van der Waals surface area contributed by atoms with Crippen molar-refractivity contribution in [2.75, 3.05) is 11.9 Å². The molecule has 21 heavy (non-hydrogen) atoms. The van der Waals surface area contributed by atoms with Crippen LogP contribution in [0.3, 0.4) is 0 Å². The molecule has 2 N–H and O–H groups in total. The normalized spacial score (nSPS) is 16.6. The number of carbonyl (C=O) groups is 1. The monoisotopic (exact) mass is 305 g/mol. The fraction of sp³-hybridized carbons (Fsp3) is 0.400. The van der Waals surface area contributed by atoms with Gasteiger partial charge in [-0.25, -0.2) is 0 Å². The lowest BCUT2D eigenvalue weighted by atomic mass is 9.97. The van der Waals surface area contributed by atoms with E-state index in [2.05, 4.69) is 15.8 Å². The molecule has 0 aromatic heterocycles. The average molecular weight is 305 g/mol. The zero-order valence-corrected chi connectivity index (χ0v) is 12.8. The summed E-state index contributed by atoms with van der Waals surface area (Å²) >= 11 is 5.17. The zero-order chi connectivity index (χ0) is 15.1. The Morgan fingerprint density at radius 2 is 2.10 bits per heavy atom. The number of nitrogens with one attached hydrogen (secondary N) is 2. The number of hydrogen-bond donors (Lipinski definition) is 2. The van der Waals surface area contributed by atoms with Crippen LogP contribution < -0.4 is 15.5 Å². The number of Topliss-reactive ketones (excluding diaryl/α,β-unsaturated/α-hetero) is 1. The van der Waals surface area contributed by atoms with Crippen molar-refractivity contribution >= 4 is 34.5 Å². The molecular formula is C15H19N3O2S. The molecule has 0 unspecified atom stereocenters. The Morgan fingerprint density at radius 3 is 2.76 bits per heavy atom. The molecule has 0 aliphatic heterocycles. The van der Waals surface area contributed by atoms with Crippen LogP contribution in [0.1, 0.15) is 32.6 Å². The fourth-order valence-corrected chi connectivity index (χ4v) is 2.24. The number of hydrazone groups is 1. The summed E-state index contributed by atoms with van der Waals surface area (Å²) < 4.78 is 5.37. The summed E-state index contributed by atoms with van der Waals surface area (Å²) in [5.74, 6) is 1.06. The highest BCUT2D eigenvalue weighted by atomic mass is 32.1. The molecule has 0 saturated heterocycles. The minimum absolute atomic E-state index is 0.243. The summed E-state index contributed by atoms with van der Waals surface area (Å²) in [4.78, 5) is 11.3. The van der Waals surface area contributed by atoms with E-state index in [1.807, 2.05) is 31.2 Å². The van der Waals surface area contributed by atoms with Gasteiger partial charge in [0.05, 0.1) is 6.61 Å². The van der Waals surface area contributed by atoms with Crippen molar-refractivity contribution < 1.29 is 9.53 Å². The van der Waals surface area contributed by atoms with Crippen LogP contribution in [0.25, 0.3) is 0 Å². The molecule has 0 radical (unpaired) electrons. The van der Waals surface area contributed by atoms with Crippen LogP contribution in [0, 0.1) is 0 Å². The molecule has 0 atom stereocenters. The third-order valence-electron chi connectivity index (χ3n) is 3.06. The van der Waals surface area contributed by atoms with Gasteiger partial charge < -0.3 is 10.1 Å². The lowest BCUT2D eigenvalue weighted by molar-refractivity contribution is -0.118. The van der Waals surface area contributed by atoms with Gasteiger partial charge in [0.1, 0.15) is 11.5 Å². The smallest absolute Gasteiger partial charge is 0.191 e. The Labute approximate surface area is 129 Å². The zero-order valence-electron chi connectivity index (χ0n) is 12.0. The molecule has 2 rings (SSSR count). The highest BCUT2D eigenvalue weighted by Crippen LogP contribution is 2.15. The first kappa shape index (κ1) is 15.4. The van der Waals surface area contributed by atoms with Gasteiger partial charge in [0.15, 0.2) is 5.11 Å². The van der Waals surface area contributed by atoms with Gasteiger partial charge in [-0.1, -0.05) is 0 Å². The third kappa shape index (κ3) is 5.15. The summed E-state index contributed by atoms with van der Waals surface area (Å²) in [5, 5.41) is 7.64. The van der Waals surface area contributed by atoms with Crippen molar-refractivity contribution in [3.05, 3.63) is 24.3 Å². The molecule has 0 spiro atoms. The van der Waals surface area contributed by atoms with E-state index in [1.54, 1.807) is 0 Å². The Balaban J connectivity index is 1.83. The van der Waals surface area contributed by atoms with E-state index >= 15 is 0 Å². The maximum absolute atomic E-state index is 11.3. The van der Waals surface area contributed by atoms with Crippen molar-refractivity contribution in [1.82, 2.24) is 5.43 Å². The van der Waals surface area contributed by atoms with E-state index in [0.29, 0.717) is 24.6 Å². The number of ether oxygens (including phenoxy) is 1. The second-order valence-corrected chi connectivity index (χ2v) is 5.18. The van der Waals surface area contributed by atoms with E-state index in [4.69, 9.17) is 17.0 Å². The summed E-state index contributed by atoms with van der Waals surface area (Å²) in [6.07, 6.45) is 2.81. The van der Waals surface area contributed by atoms with Crippen molar-refractivity contribution in [3.8, 4) is 5.75 Å². The molecule has 0 amide bonds. The van der Waals surface area contributed by atoms with Crippen LogP contribution in [0.2, 0.25) is 0 Å². The minimum atomic E-state index is 0.243. The average Bonchev–Trinajstić information content (AvgIpc) is 2.48. The van der Waals surface area contributed by atoms with Gasteiger partial charge in [-0.15, -0.1) is 0 Å². The lowest BCUT2D eigenvalue weighted by Gasteiger charge is -2.13. The van der Waals surface area contributed by atoms with Crippen LogP contribution in [-0.2, 0) is 4.79 Å². The summed E-state index contributed by atoms with van der Waals surface area (Å²) in [7, 11) is 0. The Bertz CT molecular complexity index is 540. The first-order valence-corrected chi connectivity index (χ1v) is 7.45. The SMILES string of the molecule is CCOc1ccc(NC(=S)N/N=C2/CCCC(=O)C2)cc1. The summed E-state index contributed by atoms with van der Waals surface area (Å²) in [6, 6.07) is 7.52. The van der Waals surface area contributed by atoms with E-state index in [-0.39, 0.29) is 5.78 Å². The largest absolute Gasteiger partial charge is 0.494 e. The highest BCUT2D eigenvalue weighted by Gasteiger charge is 2.14. The van der Waals surface area contributed by atoms with Gasteiger partial charge in [-0.3, -0.25) is 10.2 Å². The molecule has 1 aromatic carbocycles. The first-order valence-electron chi connectivity index (χ1n) is 7.04. The van der Waals surface area contributed by atoms with Crippen LogP contribution in [0.4, 0.5) is 5.69 Å². The standard InChI is InChI=1S/C15H19N3O2S/c1-2-20-14-8-6-11(7-9-14)16-15(21)18-17-12-4-3-5-13(19)10-12/h6-9H,2-5,10H2,1H3,(H2,16,18,21)/b17-12-. The number of rotatable bonds is 4.